The number of ether oxygens (including phenoxy) is 2. The maximum absolute atomic E-state index is 5.39. The van der Waals surface area contributed by atoms with Crippen LogP contribution >= 0.6 is 11.8 Å². The third kappa shape index (κ3) is 1.87. The fourth-order valence-electron chi connectivity index (χ4n) is 2.03. The van der Waals surface area contributed by atoms with Crippen molar-refractivity contribution in [3.05, 3.63) is 23.8 Å². The predicted octanol–water partition coefficient (Wildman–Crippen LogP) is 2.18. The number of hydrogen-bond donors (Lipinski definition) is 1. The minimum Gasteiger partial charge on any atom is -0.454 e. The van der Waals surface area contributed by atoms with E-state index >= 15 is 0 Å². The molecule has 0 spiro atoms. The maximum atomic E-state index is 5.39. The van der Waals surface area contributed by atoms with E-state index in [-0.39, 0.29) is 0 Å². The smallest absolute Gasteiger partial charge is 0.231 e. The number of thioether (sulfide) groups is 1. The third-order valence-corrected chi connectivity index (χ3v) is 4.26. The van der Waals surface area contributed by atoms with Crippen LogP contribution < -0.4 is 14.8 Å². The largest absolute Gasteiger partial charge is 0.454 e. The average Bonchev–Trinajstić information content (AvgIpc) is 2.77. The number of benzene rings is 1. The van der Waals surface area contributed by atoms with Crippen LogP contribution in [0.5, 0.6) is 11.5 Å². The van der Waals surface area contributed by atoms with E-state index in [1.165, 1.54) is 5.56 Å². The SMILES string of the molecule is CC1CNC(c2ccc3c(c2)OCO3)CS1. The summed E-state index contributed by atoms with van der Waals surface area (Å²) in [6.45, 7) is 3.68. The Morgan fingerprint density at radius 3 is 3.00 bits per heavy atom. The summed E-state index contributed by atoms with van der Waals surface area (Å²) in [5.74, 6) is 2.87. The average molecular weight is 237 g/mol. The second-order valence-corrected chi connectivity index (χ2v) is 5.69. The highest BCUT2D eigenvalue weighted by molar-refractivity contribution is 8.00. The Kier molecular flexibility index (Phi) is 2.69. The predicted molar refractivity (Wildman–Crippen MR) is 65.2 cm³/mol. The zero-order chi connectivity index (χ0) is 11.0. The van der Waals surface area contributed by atoms with E-state index in [0.29, 0.717) is 18.1 Å². The van der Waals surface area contributed by atoms with E-state index in [0.717, 1.165) is 23.8 Å². The van der Waals surface area contributed by atoms with Crippen molar-refractivity contribution >= 4 is 11.8 Å². The van der Waals surface area contributed by atoms with E-state index in [2.05, 4.69) is 24.4 Å². The molecule has 0 amide bonds. The molecule has 4 heteroatoms. The van der Waals surface area contributed by atoms with Gasteiger partial charge in [-0.1, -0.05) is 13.0 Å². The molecule has 2 atom stereocenters. The quantitative estimate of drug-likeness (QED) is 0.811. The van der Waals surface area contributed by atoms with Crippen LogP contribution in [0.3, 0.4) is 0 Å². The van der Waals surface area contributed by atoms with Gasteiger partial charge in [-0.05, 0) is 17.7 Å². The van der Waals surface area contributed by atoms with Crippen molar-refractivity contribution in [2.45, 2.75) is 18.2 Å². The standard InChI is InChI=1S/C12H15NO2S/c1-8-5-13-10(6-16-8)9-2-3-11-12(4-9)15-7-14-11/h2-4,8,10,13H,5-7H2,1H3. The molecule has 1 saturated heterocycles. The van der Waals surface area contributed by atoms with Crippen LogP contribution in [0, 0.1) is 0 Å². The number of fused-ring (bicyclic) bond motifs is 1. The fraction of sp³-hybridized carbons (Fsp3) is 0.500. The van der Waals surface area contributed by atoms with Crippen molar-refractivity contribution in [1.29, 1.82) is 0 Å². The van der Waals surface area contributed by atoms with Crippen LogP contribution in [-0.4, -0.2) is 24.3 Å². The van der Waals surface area contributed by atoms with Gasteiger partial charge in [0, 0.05) is 23.6 Å². The summed E-state index contributed by atoms with van der Waals surface area (Å²) in [7, 11) is 0. The molecule has 2 unspecified atom stereocenters. The summed E-state index contributed by atoms with van der Waals surface area (Å²) in [4.78, 5) is 0. The molecule has 1 aromatic carbocycles. The van der Waals surface area contributed by atoms with Crippen LogP contribution in [0.1, 0.15) is 18.5 Å². The highest BCUT2D eigenvalue weighted by Gasteiger charge is 2.21. The Hall–Kier alpha value is -0.870. The van der Waals surface area contributed by atoms with E-state index in [1.54, 1.807) is 0 Å². The maximum Gasteiger partial charge on any atom is 0.231 e. The van der Waals surface area contributed by atoms with Gasteiger partial charge in [0.15, 0.2) is 11.5 Å². The highest BCUT2D eigenvalue weighted by atomic mass is 32.2. The Morgan fingerprint density at radius 2 is 2.19 bits per heavy atom. The monoisotopic (exact) mass is 237 g/mol. The number of rotatable bonds is 1. The van der Waals surface area contributed by atoms with E-state index in [1.807, 2.05) is 17.8 Å². The van der Waals surface area contributed by atoms with Gasteiger partial charge in [-0.25, -0.2) is 0 Å². The van der Waals surface area contributed by atoms with Crippen LogP contribution in [-0.2, 0) is 0 Å². The number of hydrogen-bond acceptors (Lipinski definition) is 4. The summed E-state index contributed by atoms with van der Waals surface area (Å²) in [6, 6.07) is 6.66. The Morgan fingerprint density at radius 1 is 1.31 bits per heavy atom. The Labute approximate surface area is 99.5 Å². The van der Waals surface area contributed by atoms with Crippen LogP contribution in [0.4, 0.5) is 0 Å². The zero-order valence-electron chi connectivity index (χ0n) is 9.23. The van der Waals surface area contributed by atoms with E-state index < -0.39 is 0 Å². The van der Waals surface area contributed by atoms with Gasteiger partial charge in [0.05, 0.1) is 0 Å². The molecule has 1 fully saturated rings. The lowest BCUT2D eigenvalue weighted by Gasteiger charge is -2.27. The van der Waals surface area contributed by atoms with Gasteiger partial charge < -0.3 is 14.8 Å². The summed E-state index contributed by atoms with van der Waals surface area (Å²) >= 11 is 2.02. The van der Waals surface area contributed by atoms with Crippen LogP contribution in [0.25, 0.3) is 0 Å². The van der Waals surface area contributed by atoms with Gasteiger partial charge in [-0.3, -0.25) is 0 Å². The lowest BCUT2D eigenvalue weighted by Crippen LogP contribution is -2.34. The lowest BCUT2D eigenvalue weighted by atomic mass is 10.1. The molecule has 0 bridgehead atoms. The summed E-state index contributed by atoms with van der Waals surface area (Å²) < 4.78 is 10.7. The molecule has 1 aromatic rings. The Balaban J connectivity index is 1.79. The topological polar surface area (TPSA) is 30.5 Å². The first-order valence-electron chi connectivity index (χ1n) is 5.57. The van der Waals surface area contributed by atoms with Gasteiger partial charge in [0.1, 0.15) is 0 Å². The van der Waals surface area contributed by atoms with E-state index in [9.17, 15) is 0 Å². The van der Waals surface area contributed by atoms with Crippen LogP contribution in [0.2, 0.25) is 0 Å². The molecular weight excluding hydrogens is 222 g/mol. The molecule has 2 aliphatic heterocycles. The third-order valence-electron chi connectivity index (χ3n) is 3.00. The highest BCUT2D eigenvalue weighted by Crippen LogP contribution is 2.35. The molecule has 0 saturated carbocycles. The molecular formula is C12H15NO2S. The second kappa shape index (κ2) is 4.18. The molecule has 0 aromatic heterocycles. The van der Waals surface area contributed by atoms with Crippen molar-refractivity contribution in [1.82, 2.24) is 5.32 Å². The van der Waals surface area contributed by atoms with E-state index in [4.69, 9.17) is 9.47 Å². The molecule has 86 valence electrons. The molecule has 0 radical (unpaired) electrons. The second-order valence-electron chi connectivity index (χ2n) is 4.22. The van der Waals surface area contributed by atoms with Gasteiger partial charge in [-0.15, -0.1) is 0 Å². The lowest BCUT2D eigenvalue weighted by molar-refractivity contribution is 0.174. The first-order valence-corrected chi connectivity index (χ1v) is 6.62. The van der Waals surface area contributed by atoms with Gasteiger partial charge in [0.25, 0.3) is 0 Å². The molecule has 2 heterocycles. The first-order chi connectivity index (χ1) is 7.83. The van der Waals surface area contributed by atoms with Crippen molar-refractivity contribution < 1.29 is 9.47 Å². The normalized spacial score (nSPS) is 28.1. The van der Waals surface area contributed by atoms with Crippen molar-refractivity contribution in [3.8, 4) is 11.5 Å². The van der Waals surface area contributed by atoms with Gasteiger partial charge >= 0.3 is 0 Å². The molecule has 2 aliphatic rings. The van der Waals surface area contributed by atoms with Crippen LogP contribution in [0.15, 0.2) is 18.2 Å². The molecule has 0 aliphatic carbocycles. The molecule has 3 rings (SSSR count). The number of nitrogens with one attached hydrogen (secondary N) is 1. The van der Waals surface area contributed by atoms with Crippen molar-refractivity contribution in [2.24, 2.45) is 0 Å². The van der Waals surface area contributed by atoms with Crippen molar-refractivity contribution in [2.75, 3.05) is 19.1 Å². The first kappa shape index (κ1) is 10.3. The van der Waals surface area contributed by atoms with Crippen molar-refractivity contribution in [3.63, 3.8) is 0 Å². The fourth-order valence-corrected chi connectivity index (χ4v) is 3.08. The minimum atomic E-state index is 0.350. The summed E-state index contributed by atoms with van der Waals surface area (Å²) in [6.07, 6.45) is 0. The Bertz CT molecular complexity index is 389. The molecule has 16 heavy (non-hydrogen) atoms. The van der Waals surface area contributed by atoms with Gasteiger partial charge in [-0.2, -0.15) is 11.8 Å². The molecule has 1 N–H and O–H groups in total. The zero-order valence-corrected chi connectivity index (χ0v) is 10.0. The summed E-state index contributed by atoms with van der Waals surface area (Å²) in [5, 5.41) is 4.27. The molecule has 3 nitrogen and oxygen atoms in total. The van der Waals surface area contributed by atoms with Gasteiger partial charge in [0.2, 0.25) is 6.79 Å². The minimum absolute atomic E-state index is 0.350. The summed E-state index contributed by atoms with van der Waals surface area (Å²) in [5.41, 5.74) is 1.30.